The zero-order valence-electron chi connectivity index (χ0n) is 20.9. The molecule has 1 aliphatic heterocycles. The molecule has 0 amide bonds. The van der Waals surface area contributed by atoms with Crippen molar-refractivity contribution in [3.05, 3.63) is 61.5 Å². The summed E-state index contributed by atoms with van der Waals surface area (Å²) in [7, 11) is 1.54. The summed E-state index contributed by atoms with van der Waals surface area (Å²) in [6, 6.07) is 7.34. The lowest BCUT2D eigenvalue weighted by molar-refractivity contribution is 0.428. The van der Waals surface area contributed by atoms with E-state index in [-0.39, 0.29) is 36.2 Å². The number of para-hydroxylation sites is 1. The number of hydrogen-bond donors (Lipinski definition) is 1. The molecule has 37 heavy (non-hydrogen) atoms. The van der Waals surface area contributed by atoms with Crippen LogP contribution < -0.4 is 21.6 Å². The second kappa shape index (κ2) is 9.94. The van der Waals surface area contributed by atoms with E-state index in [0.717, 1.165) is 40.6 Å². The molecule has 3 aromatic heterocycles. The fourth-order valence-corrected chi connectivity index (χ4v) is 4.80. The van der Waals surface area contributed by atoms with Crippen LogP contribution in [0.1, 0.15) is 31.3 Å². The Hall–Kier alpha value is -4.37. The largest absolute Gasteiger partial charge is 0.332 e. The van der Waals surface area contributed by atoms with Crippen molar-refractivity contribution in [1.82, 2.24) is 34.0 Å². The molecule has 1 atom stereocenters. The summed E-state index contributed by atoms with van der Waals surface area (Å²) >= 11 is 0. The molecule has 1 saturated heterocycles. The van der Waals surface area contributed by atoms with Gasteiger partial charge < -0.3 is 5.32 Å². The quantitative estimate of drug-likeness (QED) is 0.239. The van der Waals surface area contributed by atoms with Crippen molar-refractivity contribution in [1.29, 1.82) is 0 Å². The molecule has 12 heteroatoms. The molecule has 0 radical (unpaired) electrons. The zero-order chi connectivity index (χ0) is 26.1. The smallest absolute Gasteiger partial charge is 0.315 e. The van der Waals surface area contributed by atoms with E-state index in [1.165, 1.54) is 9.58 Å². The Morgan fingerprint density at radius 3 is 2.73 bits per heavy atom. The van der Waals surface area contributed by atoms with E-state index in [4.69, 9.17) is 0 Å². The molecule has 1 aromatic carbocycles. The minimum absolute atomic E-state index is 0.105. The fourth-order valence-electron chi connectivity index (χ4n) is 4.80. The number of rotatable bonds is 6. The van der Waals surface area contributed by atoms with Crippen molar-refractivity contribution in [2.24, 2.45) is 12.3 Å². The number of nitroso groups, excluding NO2 is 1. The summed E-state index contributed by atoms with van der Waals surface area (Å²) in [5.74, 6) is 6.30. The number of aromatic nitrogens is 6. The van der Waals surface area contributed by atoms with Gasteiger partial charge in [-0.3, -0.25) is 18.5 Å². The standard InChI is InChI=1S/C25H27N9O3/c1-4-5-13-32-21-22(29-24(32)34(30-37)17-9-8-12-26-14-17)31(3)25(36)33(23(21)35)15-20-27-16(2)18-10-6-7-11-19(18)28-20/h6-7,10-11,17,26H,8-9,12-15H2,1-3H3/t17-/m1/s1. The minimum Gasteiger partial charge on any atom is -0.315 e. The van der Waals surface area contributed by atoms with Crippen LogP contribution in [0.15, 0.2) is 39.1 Å². The number of nitrogens with one attached hydrogen (secondary N) is 1. The topological polar surface area (TPSA) is 132 Å². The van der Waals surface area contributed by atoms with Gasteiger partial charge in [0.15, 0.2) is 11.2 Å². The summed E-state index contributed by atoms with van der Waals surface area (Å²) in [5, 5.41) is 8.70. The monoisotopic (exact) mass is 501 g/mol. The first-order valence-electron chi connectivity index (χ1n) is 12.1. The van der Waals surface area contributed by atoms with E-state index in [1.54, 1.807) is 18.5 Å². The number of imidazole rings is 1. The van der Waals surface area contributed by atoms with Crippen LogP contribution in [0.25, 0.3) is 22.1 Å². The van der Waals surface area contributed by atoms with Crippen LogP contribution in [-0.4, -0.2) is 47.8 Å². The SMILES string of the molecule is CC#CCn1c(N(N=O)[C@@H]2CCCNC2)nc2c1c(=O)n(Cc1nc(C)c3ccccc3n1)c(=O)n2C. The Morgan fingerprint density at radius 2 is 2.00 bits per heavy atom. The Morgan fingerprint density at radius 1 is 1.19 bits per heavy atom. The number of benzene rings is 1. The lowest BCUT2D eigenvalue weighted by atomic mass is 10.1. The Labute approximate surface area is 211 Å². The molecule has 0 aliphatic carbocycles. The van der Waals surface area contributed by atoms with Crippen LogP contribution in [0.4, 0.5) is 5.95 Å². The van der Waals surface area contributed by atoms with Crippen molar-refractivity contribution in [3.8, 4) is 11.8 Å². The third kappa shape index (κ3) is 4.27. The lowest BCUT2D eigenvalue weighted by Crippen LogP contribution is -2.44. The Balaban J connectivity index is 1.69. The van der Waals surface area contributed by atoms with Gasteiger partial charge in [0.2, 0.25) is 5.95 Å². The number of hydrogen-bond acceptors (Lipinski definition) is 8. The third-order valence-electron chi connectivity index (χ3n) is 6.68. The fraction of sp³-hybridized carbons (Fsp3) is 0.400. The highest BCUT2D eigenvalue weighted by Crippen LogP contribution is 2.24. The molecule has 190 valence electrons. The van der Waals surface area contributed by atoms with Gasteiger partial charge in [-0.05, 0) is 39.3 Å². The molecular weight excluding hydrogens is 474 g/mol. The Bertz CT molecular complexity index is 1680. The van der Waals surface area contributed by atoms with E-state index in [1.807, 2.05) is 31.2 Å². The lowest BCUT2D eigenvalue weighted by Gasteiger charge is -2.29. The minimum atomic E-state index is -0.561. The first-order chi connectivity index (χ1) is 17.9. The van der Waals surface area contributed by atoms with Crippen LogP contribution in [0.2, 0.25) is 0 Å². The summed E-state index contributed by atoms with van der Waals surface area (Å²) in [5.41, 5.74) is 0.689. The molecule has 0 saturated carbocycles. The highest BCUT2D eigenvalue weighted by atomic mass is 16.3. The van der Waals surface area contributed by atoms with E-state index in [0.29, 0.717) is 12.4 Å². The average molecular weight is 502 g/mol. The van der Waals surface area contributed by atoms with Crippen LogP contribution in [-0.2, 0) is 20.1 Å². The van der Waals surface area contributed by atoms with E-state index in [2.05, 4.69) is 37.4 Å². The van der Waals surface area contributed by atoms with Gasteiger partial charge in [-0.25, -0.2) is 14.8 Å². The molecule has 1 aliphatic rings. The molecule has 0 unspecified atom stereocenters. The van der Waals surface area contributed by atoms with Gasteiger partial charge in [0.1, 0.15) is 5.82 Å². The highest BCUT2D eigenvalue weighted by Gasteiger charge is 2.29. The molecular formula is C25H27N9O3. The van der Waals surface area contributed by atoms with E-state index in [9.17, 15) is 14.5 Å². The maximum atomic E-state index is 13.8. The highest BCUT2D eigenvalue weighted by molar-refractivity contribution is 5.80. The number of nitrogens with zero attached hydrogens (tertiary/aromatic N) is 8. The summed E-state index contributed by atoms with van der Waals surface area (Å²) in [6.07, 6.45) is 1.62. The van der Waals surface area contributed by atoms with Crippen molar-refractivity contribution >= 4 is 28.0 Å². The summed E-state index contributed by atoms with van der Waals surface area (Å²) < 4.78 is 3.95. The molecule has 12 nitrogen and oxygen atoms in total. The molecule has 1 N–H and O–H groups in total. The van der Waals surface area contributed by atoms with Gasteiger partial charge in [0, 0.05) is 24.7 Å². The molecule has 0 bridgehead atoms. The number of aryl methyl sites for hydroxylation is 2. The predicted octanol–water partition coefficient (Wildman–Crippen LogP) is 1.46. The first kappa shape index (κ1) is 24.3. The molecule has 1 fully saturated rings. The normalized spacial score (nSPS) is 15.5. The maximum absolute atomic E-state index is 13.8. The van der Waals surface area contributed by atoms with Gasteiger partial charge in [-0.1, -0.05) is 24.1 Å². The second-order valence-corrected chi connectivity index (χ2v) is 9.00. The van der Waals surface area contributed by atoms with Crippen LogP contribution in [0.5, 0.6) is 0 Å². The molecule has 0 spiro atoms. The average Bonchev–Trinajstić information content (AvgIpc) is 3.29. The summed E-state index contributed by atoms with van der Waals surface area (Å²) in [4.78, 5) is 52.7. The van der Waals surface area contributed by atoms with Gasteiger partial charge in [-0.2, -0.15) is 9.99 Å². The Kier molecular flexibility index (Phi) is 6.54. The first-order valence-corrected chi connectivity index (χ1v) is 12.1. The van der Waals surface area contributed by atoms with Crippen LogP contribution in [0, 0.1) is 23.7 Å². The molecule has 4 heterocycles. The maximum Gasteiger partial charge on any atom is 0.332 e. The summed E-state index contributed by atoms with van der Waals surface area (Å²) in [6.45, 7) is 4.95. The van der Waals surface area contributed by atoms with Crippen LogP contribution in [0.3, 0.4) is 0 Å². The van der Waals surface area contributed by atoms with E-state index >= 15 is 0 Å². The zero-order valence-corrected chi connectivity index (χ0v) is 20.9. The van der Waals surface area contributed by atoms with Crippen LogP contribution >= 0.6 is 0 Å². The van der Waals surface area contributed by atoms with Gasteiger partial charge in [0.25, 0.3) is 5.56 Å². The van der Waals surface area contributed by atoms with Crippen molar-refractivity contribution in [2.45, 2.75) is 45.8 Å². The number of fused-ring (bicyclic) bond motifs is 2. The van der Waals surface area contributed by atoms with Gasteiger partial charge in [0.05, 0.1) is 29.9 Å². The number of piperidine rings is 1. The molecule has 5 rings (SSSR count). The number of anilines is 1. The molecule has 4 aromatic rings. The van der Waals surface area contributed by atoms with Crippen molar-refractivity contribution in [2.75, 3.05) is 18.1 Å². The third-order valence-corrected chi connectivity index (χ3v) is 6.68. The second-order valence-electron chi connectivity index (χ2n) is 9.00. The van der Waals surface area contributed by atoms with Crippen molar-refractivity contribution < 1.29 is 0 Å². The van der Waals surface area contributed by atoms with E-state index < -0.39 is 11.2 Å². The predicted molar refractivity (Wildman–Crippen MR) is 140 cm³/mol. The van der Waals surface area contributed by atoms with Crippen molar-refractivity contribution in [3.63, 3.8) is 0 Å². The van der Waals surface area contributed by atoms with Gasteiger partial charge in [-0.15, -0.1) is 10.8 Å². The van der Waals surface area contributed by atoms with Gasteiger partial charge >= 0.3 is 5.69 Å².